The van der Waals surface area contributed by atoms with Gasteiger partial charge in [-0.1, -0.05) is 18.2 Å². The first-order valence-electron chi connectivity index (χ1n) is 3.84. The Hall–Kier alpha value is -1.77. The van der Waals surface area contributed by atoms with Crippen LogP contribution in [0.2, 0.25) is 0 Å². The Morgan fingerprint density at radius 1 is 1.38 bits per heavy atom. The lowest BCUT2D eigenvalue weighted by atomic mass is 10.2. The summed E-state index contributed by atoms with van der Waals surface area (Å²) in [7, 11) is 0. The lowest BCUT2D eigenvalue weighted by Crippen LogP contribution is -1.86. The fourth-order valence-corrected chi connectivity index (χ4v) is 0.873. The average Bonchev–Trinajstić information content (AvgIpc) is 2.15. The third-order valence-corrected chi connectivity index (χ3v) is 1.49. The Morgan fingerprint density at radius 3 is 2.69 bits per heavy atom. The first kappa shape index (κ1) is 9.32. The van der Waals surface area contributed by atoms with E-state index in [2.05, 4.69) is 4.74 Å². The molecule has 0 unspecified atom stereocenters. The molecule has 0 heterocycles. The van der Waals surface area contributed by atoms with Gasteiger partial charge in [0.15, 0.2) is 0 Å². The van der Waals surface area contributed by atoms with Gasteiger partial charge in [0.1, 0.15) is 6.61 Å². The van der Waals surface area contributed by atoms with Crippen LogP contribution in [-0.4, -0.2) is 13.1 Å². The molecule has 1 radical (unpaired) electrons. The fraction of sp³-hybridized carbons (Fsp3) is 0.100. The molecule has 0 aliphatic rings. The van der Waals surface area contributed by atoms with E-state index in [-0.39, 0.29) is 6.61 Å². The molecule has 1 rings (SSSR count). The summed E-state index contributed by atoms with van der Waals surface area (Å²) in [5.74, 6) is 0. The summed E-state index contributed by atoms with van der Waals surface area (Å²) >= 11 is 0. The van der Waals surface area contributed by atoms with E-state index in [1.165, 1.54) is 6.47 Å². The number of ether oxygens (including phenoxy) is 1. The summed E-state index contributed by atoms with van der Waals surface area (Å²) < 4.78 is 4.36. The highest BCUT2D eigenvalue weighted by atomic mass is 16.5. The highest BCUT2D eigenvalue weighted by Gasteiger charge is 1.85. The Labute approximate surface area is 76.8 Å². The largest absolute Gasteiger partial charge is 0.453 e. The minimum atomic E-state index is 0.244. The SMILES string of the molecule is Nc1ccc(/C=C/CO[C]=O)cc1. The lowest BCUT2D eigenvalue weighted by molar-refractivity contribution is 0.314. The maximum atomic E-state index is 9.66. The van der Waals surface area contributed by atoms with E-state index < -0.39 is 0 Å². The number of anilines is 1. The topological polar surface area (TPSA) is 52.3 Å². The monoisotopic (exact) mass is 176 g/mol. The molecule has 13 heavy (non-hydrogen) atoms. The molecule has 0 bridgehead atoms. The average molecular weight is 176 g/mol. The summed E-state index contributed by atoms with van der Waals surface area (Å²) in [6.45, 7) is 1.59. The van der Waals surface area contributed by atoms with Gasteiger partial charge in [-0.15, -0.1) is 0 Å². The number of benzene rings is 1. The maximum absolute atomic E-state index is 9.66. The predicted molar refractivity (Wildman–Crippen MR) is 51.5 cm³/mol. The molecule has 0 atom stereocenters. The Kier molecular flexibility index (Phi) is 3.57. The smallest absolute Gasteiger partial charge is 0.417 e. The zero-order chi connectivity index (χ0) is 9.52. The molecule has 0 saturated heterocycles. The number of hydrogen-bond donors (Lipinski definition) is 1. The summed E-state index contributed by atoms with van der Waals surface area (Å²) in [5, 5.41) is 0. The number of nitrogens with two attached hydrogens (primary N) is 1. The van der Waals surface area contributed by atoms with Crippen LogP contribution in [0.1, 0.15) is 5.56 Å². The van der Waals surface area contributed by atoms with Crippen LogP contribution < -0.4 is 5.73 Å². The molecule has 0 spiro atoms. The van der Waals surface area contributed by atoms with Gasteiger partial charge in [-0.2, -0.15) is 0 Å². The normalized spacial score (nSPS) is 10.2. The standard InChI is InChI=1S/C10H10NO2/c11-10-5-3-9(4-6-10)2-1-7-13-8-12/h1-6H,7,11H2/b2-1+. The van der Waals surface area contributed by atoms with Gasteiger partial charge in [-0.25, -0.2) is 4.79 Å². The van der Waals surface area contributed by atoms with Gasteiger partial charge >= 0.3 is 6.47 Å². The molecule has 0 aromatic heterocycles. The summed E-state index contributed by atoms with van der Waals surface area (Å²) in [6.07, 6.45) is 3.58. The van der Waals surface area contributed by atoms with Crippen LogP contribution in [0.5, 0.6) is 0 Å². The van der Waals surface area contributed by atoms with Crippen molar-refractivity contribution >= 4 is 18.2 Å². The zero-order valence-corrected chi connectivity index (χ0v) is 7.07. The second kappa shape index (κ2) is 4.98. The molecule has 2 N–H and O–H groups in total. The maximum Gasteiger partial charge on any atom is 0.417 e. The van der Waals surface area contributed by atoms with Crippen molar-refractivity contribution in [1.82, 2.24) is 0 Å². The Morgan fingerprint density at radius 2 is 2.08 bits per heavy atom. The van der Waals surface area contributed by atoms with Crippen molar-refractivity contribution in [1.29, 1.82) is 0 Å². The quantitative estimate of drug-likeness (QED) is 0.556. The third-order valence-electron chi connectivity index (χ3n) is 1.49. The van der Waals surface area contributed by atoms with Crippen molar-refractivity contribution in [2.45, 2.75) is 0 Å². The Bertz CT molecular complexity index is 290. The molecule has 0 amide bonds. The van der Waals surface area contributed by atoms with Gasteiger partial charge in [0, 0.05) is 5.69 Å². The number of carbonyl (C=O) groups excluding carboxylic acids is 1. The first-order valence-corrected chi connectivity index (χ1v) is 3.84. The van der Waals surface area contributed by atoms with Crippen molar-refractivity contribution in [3.05, 3.63) is 35.9 Å². The highest BCUT2D eigenvalue weighted by molar-refractivity contribution is 5.53. The fourth-order valence-electron chi connectivity index (χ4n) is 0.873. The van der Waals surface area contributed by atoms with E-state index in [1.54, 1.807) is 6.08 Å². The van der Waals surface area contributed by atoms with E-state index in [0.29, 0.717) is 0 Å². The van der Waals surface area contributed by atoms with E-state index in [0.717, 1.165) is 11.3 Å². The molecule has 0 fully saturated rings. The van der Waals surface area contributed by atoms with E-state index >= 15 is 0 Å². The van der Waals surface area contributed by atoms with Gasteiger partial charge in [0.05, 0.1) is 0 Å². The molecule has 0 saturated carbocycles. The van der Waals surface area contributed by atoms with Crippen molar-refractivity contribution in [3.8, 4) is 0 Å². The van der Waals surface area contributed by atoms with Crippen molar-refractivity contribution in [2.75, 3.05) is 12.3 Å². The van der Waals surface area contributed by atoms with Crippen molar-refractivity contribution < 1.29 is 9.53 Å². The van der Waals surface area contributed by atoms with Crippen LogP contribution in [-0.2, 0) is 9.53 Å². The van der Waals surface area contributed by atoms with E-state index in [4.69, 9.17) is 5.73 Å². The van der Waals surface area contributed by atoms with Crippen LogP contribution in [0.15, 0.2) is 30.3 Å². The van der Waals surface area contributed by atoms with Crippen LogP contribution in [0, 0.1) is 0 Å². The van der Waals surface area contributed by atoms with Crippen LogP contribution in [0.3, 0.4) is 0 Å². The second-order valence-corrected chi connectivity index (χ2v) is 2.46. The van der Waals surface area contributed by atoms with Crippen molar-refractivity contribution in [3.63, 3.8) is 0 Å². The number of nitrogen functional groups attached to an aromatic ring is 1. The molecule has 0 aliphatic heterocycles. The number of hydrogen-bond acceptors (Lipinski definition) is 3. The highest BCUT2D eigenvalue weighted by Crippen LogP contribution is 2.06. The van der Waals surface area contributed by atoms with E-state index in [9.17, 15) is 4.79 Å². The zero-order valence-electron chi connectivity index (χ0n) is 7.07. The minimum absolute atomic E-state index is 0.244. The van der Waals surface area contributed by atoms with Gasteiger partial charge in [0.2, 0.25) is 0 Å². The number of rotatable bonds is 4. The second-order valence-electron chi connectivity index (χ2n) is 2.46. The molecule has 1 aromatic carbocycles. The van der Waals surface area contributed by atoms with Crippen molar-refractivity contribution in [2.24, 2.45) is 0 Å². The molecule has 67 valence electrons. The molecule has 3 heteroatoms. The van der Waals surface area contributed by atoms with Gasteiger partial charge in [0.25, 0.3) is 0 Å². The summed E-state index contributed by atoms with van der Waals surface area (Å²) in [6, 6.07) is 7.39. The van der Waals surface area contributed by atoms with E-state index in [1.807, 2.05) is 30.3 Å². The van der Waals surface area contributed by atoms with Gasteiger partial charge in [-0.3, -0.25) is 0 Å². The van der Waals surface area contributed by atoms with Crippen LogP contribution >= 0.6 is 0 Å². The predicted octanol–water partition coefficient (Wildman–Crippen LogP) is 1.37. The lowest BCUT2D eigenvalue weighted by Gasteiger charge is -1.94. The van der Waals surface area contributed by atoms with Gasteiger partial charge in [-0.05, 0) is 23.8 Å². The molecular formula is C10H10NO2. The van der Waals surface area contributed by atoms with Crippen LogP contribution in [0.25, 0.3) is 6.08 Å². The third kappa shape index (κ3) is 3.42. The molecule has 0 aliphatic carbocycles. The molecule has 3 nitrogen and oxygen atoms in total. The Balaban J connectivity index is 2.49. The molecular weight excluding hydrogens is 166 g/mol. The summed E-state index contributed by atoms with van der Waals surface area (Å²) in [5.41, 5.74) is 7.25. The molecule has 1 aromatic rings. The van der Waals surface area contributed by atoms with Gasteiger partial charge < -0.3 is 10.5 Å². The van der Waals surface area contributed by atoms with Crippen LogP contribution in [0.4, 0.5) is 5.69 Å². The summed E-state index contributed by atoms with van der Waals surface area (Å²) in [4.78, 5) is 9.66. The minimum Gasteiger partial charge on any atom is -0.453 e. The first-order chi connectivity index (χ1) is 6.33.